The van der Waals surface area contributed by atoms with Crippen molar-refractivity contribution in [3.05, 3.63) is 46.1 Å². The van der Waals surface area contributed by atoms with E-state index in [1.54, 1.807) is 0 Å². The molecule has 2 rings (SSSR count). The van der Waals surface area contributed by atoms with Gasteiger partial charge in [0.25, 0.3) is 0 Å². The summed E-state index contributed by atoms with van der Waals surface area (Å²) in [4.78, 5) is 13.1. The average Bonchev–Trinajstić information content (AvgIpc) is 2.63. The molecular weight excluding hydrogens is 212 g/mol. The van der Waals surface area contributed by atoms with E-state index in [0.717, 1.165) is 16.5 Å². The molecule has 1 aromatic carbocycles. The van der Waals surface area contributed by atoms with Crippen LogP contribution in [0.5, 0.6) is 0 Å². The van der Waals surface area contributed by atoms with E-state index < -0.39 is 0 Å². The number of hydrogen-bond acceptors (Lipinski definition) is 3. The first-order chi connectivity index (χ1) is 7.18. The van der Waals surface area contributed by atoms with Crippen LogP contribution in [0.4, 0.5) is 0 Å². The molecule has 0 saturated heterocycles. The lowest BCUT2D eigenvalue weighted by molar-refractivity contribution is -0.479. The fourth-order valence-electron chi connectivity index (χ4n) is 1.64. The third kappa shape index (κ3) is 1.97. The van der Waals surface area contributed by atoms with Gasteiger partial charge in [-0.05, 0) is 17.7 Å². The molecule has 0 amide bonds. The predicted octanol–water partition coefficient (Wildman–Crippen LogP) is 2.42. The van der Waals surface area contributed by atoms with Gasteiger partial charge in [0.1, 0.15) is 0 Å². The van der Waals surface area contributed by atoms with Gasteiger partial charge in [0.15, 0.2) is 0 Å². The number of nitrogens with zero attached hydrogens (tertiary/aromatic N) is 1. The van der Waals surface area contributed by atoms with E-state index in [1.165, 1.54) is 0 Å². The highest BCUT2D eigenvalue weighted by Crippen LogP contribution is 2.27. The number of aromatic amines is 1. The number of H-pyrrole nitrogens is 1. The van der Waals surface area contributed by atoms with Gasteiger partial charge in [0.05, 0.1) is 5.25 Å². The van der Waals surface area contributed by atoms with Crippen LogP contribution in [0.1, 0.15) is 10.8 Å². The molecule has 0 radical (unpaired) electrons. The molecule has 5 heteroatoms. The molecule has 0 saturated carbocycles. The van der Waals surface area contributed by atoms with Gasteiger partial charge in [-0.1, -0.05) is 12.1 Å². The molecule has 1 heterocycles. The van der Waals surface area contributed by atoms with Crippen molar-refractivity contribution in [2.75, 3.05) is 6.54 Å². The summed E-state index contributed by atoms with van der Waals surface area (Å²) < 4.78 is 0. The Morgan fingerprint density at radius 2 is 2.27 bits per heavy atom. The van der Waals surface area contributed by atoms with E-state index in [4.69, 9.17) is 0 Å². The monoisotopic (exact) mass is 222 g/mol. The van der Waals surface area contributed by atoms with E-state index in [-0.39, 0.29) is 16.7 Å². The van der Waals surface area contributed by atoms with E-state index in [1.807, 2.05) is 30.5 Å². The van der Waals surface area contributed by atoms with Crippen molar-refractivity contribution >= 4 is 23.5 Å². The van der Waals surface area contributed by atoms with Crippen LogP contribution in [0, 0.1) is 10.1 Å². The van der Waals surface area contributed by atoms with Gasteiger partial charge in [-0.25, -0.2) is 0 Å². The largest absolute Gasteiger partial charge is 0.361 e. The lowest BCUT2D eigenvalue weighted by atomic mass is 10.1. The van der Waals surface area contributed by atoms with Gasteiger partial charge in [-0.2, -0.15) is 12.6 Å². The summed E-state index contributed by atoms with van der Waals surface area (Å²) in [6.45, 7) is -0.159. The van der Waals surface area contributed by atoms with Crippen LogP contribution < -0.4 is 0 Å². The zero-order valence-electron chi connectivity index (χ0n) is 7.88. The van der Waals surface area contributed by atoms with Crippen molar-refractivity contribution in [2.24, 2.45) is 0 Å². The van der Waals surface area contributed by atoms with Crippen LogP contribution in [0.15, 0.2) is 30.5 Å². The third-order valence-electron chi connectivity index (χ3n) is 2.31. The van der Waals surface area contributed by atoms with Crippen LogP contribution in [-0.2, 0) is 0 Å². The molecule has 2 aromatic rings. The summed E-state index contributed by atoms with van der Waals surface area (Å²) in [7, 11) is 0. The number of fused-ring (bicyclic) bond motifs is 1. The van der Waals surface area contributed by atoms with Gasteiger partial charge in [0, 0.05) is 22.0 Å². The zero-order valence-corrected chi connectivity index (χ0v) is 8.78. The third-order valence-corrected chi connectivity index (χ3v) is 2.75. The Balaban J connectivity index is 2.42. The predicted molar refractivity (Wildman–Crippen MR) is 61.9 cm³/mol. The van der Waals surface area contributed by atoms with E-state index in [2.05, 4.69) is 17.6 Å². The van der Waals surface area contributed by atoms with Crippen LogP contribution in [-0.4, -0.2) is 16.5 Å². The second-order valence-electron chi connectivity index (χ2n) is 3.32. The Labute approximate surface area is 91.9 Å². The van der Waals surface area contributed by atoms with Crippen LogP contribution in [0.3, 0.4) is 0 Å². The molecule has 1 N–H and O–H groups in total. The summed E-state index contributed by atoms with van der Waals surface area (Å²) in [6, 6.07) is 7.59. The first-order valence-corrected chi connectivity index (χ1v) is 5.06. The molecule has 15 heavy (non-hydrogen) atoms. The standard InChI is InChI=1S/C10H10N2O2S/c13-12(14)6-10(15)8-2-1-3-9-7(8)4-5-11-9/h1-5,10-11,15H,6H2/t10-/m0/s1. The number of rotatable bonds is 3. The van der Waals surface area contributed by atoms with Gasteiger partial charge in [-0.3, -0.25) is 10.1 Å². The minimum atomic E-state index is -0.362. The number of nitrogens with one attached hydrogen (secondary N) is 1. The highest BCUT2D eigenvalue weighted by atomic mass is 32.1. The van der Waals surface area contributed by atoms with Crippen LogP contribution in [0.2, 0.25) is 0 Å². The molecule has 4 nitrogen and oxygen atoms in total. The normalized spacial score (nSPS) is 12.9. The fourth-order valence-corrected chi connectivity index (χ4v) is 2.00. The smallest absolute Gasteiger partial charge is 0.219 e. The first kappa shape index (κ1) is 10.0. The molecule has 0 aliphatic rings. The Hall–Kier alpha value is -1.49. The molecule has 78 valence electrons. The van der Waals surface area contributed by atoms with Crippen LogP contribution >= 0.6 is 12.6 Å². The number of benzene rings is 1. The van der Waals surface area contributed by atoms with Crippen molar-refractivity contribution in [1.29, 1.82) is 0 Å². The summed E-state index contributed by atoms with van der Waals surface area (Å²) in [5.74, 6) is 0. The van der Waals surface area contributed by atoms with Crippen molar-refractivity contribution in [3.63, 3.8) is 0 Å². The first-order valence-electron chi connectivity index (χ1n) is 4.54. The SMILES string of the molecule is O=[N+]([O-])C[C@H](S)c1cccc2[nH]ccc12. The highest BCUT2D eigenvalue weighted by Gasteiger charge is 2.15. The molecule has 1 aromatic heterocycles. The van der Waals surface area contributed by atoms with E-state index >= 15 is 0 Å². The van der Waals surface area contributed by atoms with Gasteiger partial charge < -0.3 is 4.98 Å². The van der Waals surface area contributed by atoms with Crippen molar-refractivity contribution in [3.8, 4) is 0 Å². The number of aromatic nitrogens is 1. The van der Waals surface area contributed by atoms with Crippen molar-refractivity contribution in [1.82, 2.24) is 4.98 Å². The molecule has 0 fully saturated rings. The summed E-state index contributed by atoms with van der Waals surface area (Å²) in [5, 5.41) is 11.0. The molecule has 0 aliphatic carbocycles. The summed E-state index contributed by atoms with van der Waals surface area (Å²) in [5.41, 5.74) is 1.88. The number of nitro groups is 1. The number of hydrogen-bond donors (Lipinski definition) is 2. The van der Waals surface area contributed by atoms with Crippen LogP contribution in [0.25, 0.3) is 10.9 Å². The Bertz CT molecular complexity index is 495. The lowest BCUT2D eigenvalue weighted by Crippen LogP contribution is -2.07. The highest BCUT2D eigenvalue weighted by molar-refractivity contribution is 7.80. The van der Waals surface area contributed by atoms with E-state index in [0.29, 0.717) is 0 Å². The van der Waals surface area contributed by atoms with Gasteiger partial charge >= 0.3 is 0 Å². The van der Waals surface area contributed by atoms with Crippen molar-refractivity contribution < 1.29 is 4.92 Å². The minimum absolute atomic E-state index is 0.159. The maximum absolute atomic E-state index is 10.4. The fraction of sp³-hybridized carbons (Fsp3) is 0.200. The quantitative estimate of drug-likeness (QED) is 0.476. The molecular formula is C10H10N2O2S. The maximum atomic E-state index is 10.4. The minimum Gasteiger partial charge on any atom is -0.361 e. The molecule has 0 spiro atoms. The summed E-state index contributed by atoms with van der Waals surface area (Å²) >= 11 is 4.25. The second-order valence-corrected chi connectivity index (χ2v) is 3.94. The van der Waals surface area contributed by atoms with Gasteiger partial charge in [-0.15, -0.1) is 0 Å². The Morgan fingerprint density at radius 1 is 1.47 bits per heavy atom. The summed E-state index contributed by atoms with van der Waals surface area (Å²) in [6.07, 6.45) is 1.82. The average molecular weight is 222 g/mol. The molecule has 0 bridgehead atoms. The molecule has 0 unspecified atom stereocenters. The zero-order chi connectivity index (χ0) is 10.8. The molecule has 0 aliphatic heterocycles. The Morgan fingerprint density at radius 3 is 3.00 bits per heavy atom. The maximum Gasteiger partial charge on any atom is 0.219 e. The lowest BCUT2D eigenvalue weighted by Gasteiger charge is -2.07. The topological polar surface area (TPSA) is 58.9 Å². The Kier molecular flexibility index (Phi) is 2.64. The van der Waals surface area contributed by atoms with E-state index in [9.17, 15) is 10.1 Å². The molecule has 1 atom stereocenters. The second kappa shape index (κ2) is 3.94. The van der Waals surface area contributed by atoms with Gasteiger partial charge in [0.2, 0.25) is 6.54 Å². The van der Waals surface area contributed by atoms with Crippen molar-refractivity contribution in [2.45, 2.75) is 5.25 Å². The number of thiol groups is 1.